The van der Waals surface area contributed by atoms with Crippen molar-refractivity contribution < 1.29 is 0 Å². The minimum Gasteiger partial charge on any atom is -0.304 e. The Balaban J connectivity index is 1.67. The Morgan fingerprint density at radius 2 is 2.33 bits per heavy atom. The summed E-state index contributed by atoms with van der Waals surface area (Å²) < 4.78 is 2.14. The Kier molecular flexibility index (Phi) is 4.40. The third kappa shape index (κ3) is 3.04. The molecule has 1 atom stereocenters. The Morgan fingerprint density at radius 3 is 3.05 bits per heavy atom. The fourth-order valence-corrected chi connectivity index (χ4v) is 3.83. The third-order valence-electron chi connectivity index (χ3n) is 4.16. The van der Waals surface area contributed by atoms with Crippen molar-refractivity contribution in [2.45, 2.75) is 65.1 Å². The molecule has 0 unspecified atom stereocenters. The van der Waals surface area contributed by atoms with E-state index in [0.29, 0.717) is 12.0 Å². The number of rotatable bonds is 5. The van der Waals surface area contributed by atoms with E-state index in [4.69, 9.17) is 4.98 Å². The molecule has 1 N–H and O–H groups in total. The number of hydrogen-bond acceptors (Lipinski definition) is 4. The summed E-state index contributed by atoms with van der Waals surface area (Å²) in [4.78, 5) is 4.71. The molecule has 1 aliphatic carbocycles. The zero-order valence-electron chi connectivity index (χ0n) is 13.1. The van der Waals surface area contributed by atoms with Crippen LogP contribution in [0.25, 0.3) is 0 Å². The Hall–Kier alpha value is -1.20. The van der Waals surface area contributed by atoms with Crippen LogP contribution in [0.3, 0.4) is 0 Å². The molecule has 1 aliphatic rings. The van der Waals surface area contributed by atoms with E-state index in [9.17, 15) is 0 Å². The van der Waals surface area contributed by atoms with E-state index in [-0.39, 0.29) is 0 Å². The van der Waals surface area contributed by atoms with Crippen molar-refractivity contribution in [3.05, 3.63) is 33.5 Å². The molecule has 2 heterocycles. The summed E-state index contributed by atoms with van der Waals surface area (Å²) in [6.07, 6.45) is 5.65. The molecule has 2 aromatic rings. The first-order valence-corrected chi connectivity index (χ1v) is 8.79. The zero-order chi connectivity index (χ0) is 14.8. The van der Waals surface area contributed by atoms with Gasteiger partial charge < -0.3 is 5.32 Å². The summed E-state index contributed by atoms with van der Waals surface area (Å²) in [6.45, 7) is 8.37. The van der Waals surface area contributed by atoms with E-state index in [1.54, 1.807) is 11.3 Å². The van der Waals surface area contributed by atoms with E-state index < -0.39 is 0 Å². The molecular weight excluding hydrogens is 280 g/mol. The lowest BCUT2D eigenvalue weighted by Gasteiger charge is -2.24. The average Bonchev–Trinajstić information content (AvgIpc) is 3.11. The monoisotopic (exact) mass is 304 g/mol. The van der Waals surface area contributed by atoms with Crippen molar-refractivity contribution in [2.24, 2.45) is 0 Å². The Bertz CT molecular complexity index is 599. The van der Waals surface area contributed by atoms with Gasteiger partial charge in [-0.3, -0.25) is 4.68 Å². The van der Waals surface area contributed by atoms with E-state index >= 15 is 0 Å². The molecule has 3 rings (SSSR count). The van der Waals surface area contributed by atoms with Crippen LogP contribution in [0, 0.1) is 0 Å². The Labute approximate surface area is 130 Å². The summed E-state index contributed by atoms with van der Waals surface area (Å²) in [5.41, 5.74) is 3.98. The van der Waals surface area contributed by atoms with Crippen LogP contribution >= 0.6 is 11.3 Å². The minimum absolute atomic E-state index is 0.429. The van der Waals surface area contributed by atoms with E-state index in [1.165, 1.54) is 34.8 Å². The zero-order valence-corrected chi connectivity index (χ0v) is 13.9. The summed E-state index contributed by atoms with van der Waals surface area (Å²) in [6, 6.07) is 0.429. The lowest BCUT2D eigenvalue weighted by Crippen LogP contribution is -2.25. The van der Waals surface area contributed by atoms with E-state index in [1.807, 2.05) is 0 Å². The molecule has 0 amide bonds. The summed E-state index contributed by atoms with van der Waals surface area (Å²) in [5, 5.41) is 11.6. The first kappa shape index (κ1) is 14.7. The molecule has 0 bridgehead atoms. The second-order valence-corrected chi connectivity index (χ2v) is 6.91. The van der Waals surface area contributed by atoms with Crippen LogP contribution in [0.1, 0.15) is 67.5 Å². The normalized spacial score (nSPS) is 18.2. The molecule has 0 spiro atoms. The highest BCUT2D eigenvalue weighted by atomic mass is 32.1. The van der Waals surface area contributed by atoms with Crippen molar-refractivity contribution in [2.75, 3.05) is 0 Å². The molecule has 4 nitrogen and oxygen atoms in total. The van der Waals surface area contributed by atoms with Crippen molar-refractivity contribution in [3.63, 3.8) is 0 Å². The van der Waals surface area contributed by atoms with Gasteiger partial charge in [-0.25, -0.2) is 4.98 Å². The van der Waals surface area contributed by atoms with Gasteiger partial charge in [0.1, 0.15) is 0 Å². The molecular formula is C16H24N4S. The van der Waals surface area contributed by atoms with Crippen molar-refractivity contribution in [3.8, 4) is 0 Å². The Morgan fingerprint density at radius 1 is 1.48 bits per heavy atom. The van der Waals surface area contributed by atoms with Gasteiger partial charge in [0.15, 0.2) is 0 Å². The van der Waals surface area contributed by atoms with Crippen LogP contribution in [0.2, 0.25) is 0 Å². The highest BCUT2D eigenvalue weighted by Crippen LogP contribution is 2.30. The van der Waals surface area contributed by atoms with Gasteiger partial charge in [0.25, 0.3) is 0 Å². The second-order valence-electron chi connectivity index (χ2n) is 6.02. The fraction of sp³-hybridized carbons (Fsp3) is 0.625. The van der Waals surface area contributed by atoms with Crippen LogP contribution in [0.4, 0.5) is 0 Å². The van der Waals surface area contributed by atoms with Crippen LogP contribution in [-0.2, 0) is 19.5 Å². The van der Waals surface area contributed by atoms with Crippen molar-refractivity contribution >= 4 is 11.3 Å². The molecule has 5 heteroatoms. The first-order chi connectivity index (χ1) is 10.2. The van der Waals surface area contributed by atoms with Gasteiger partial charge in [-0.05, 0) is 26.2 Å². The maximum Gasteiger partial charge on any atom is 0.0954 e. The van der Waals surface area contributed by atoms with Gasteiger partial charge in [0.2, 0.25) is 0 Å². The van der Waals surface area contributed by atoms with Gasteiger partial charge in [-0.15, -0.1) is 11.3 Å². The largest absolute Gasteiger partial charge is 0.304 e. The lowest BCUT2D eigenvalue weighted by molar-refractivity contribution is 0.446. The third-order valence-corrected chi connectivity index (χ3v) is 5.35. The maximum atomic E-state index is 4.71. The summed E-state index contributed by atoms with van der Waals surface area (Å²) in [5.74, 6) is 0.521. The topological polar surface area (TPSA) is 42.7 Å². The van der Waals surface area contributed by atoms with Gasteiger partial charge in [0.05, 0.1) is 16.9 Å². The van der Waals surface area contributed by atoms with Crippen LogP contribution in [-0.4, -0.2) is 14.8 Å². The minimum atomic E-state index is 0.429. The van der Waals surface area contributed by atoms with Gasteiger partial charge in [-0.1, -0.05) is 13.8 Å². The lowest BCUT2D eigenvalue weighted by atomic mass is 9.93. The number of thiazole rings is 1. The fourth-order valence-electron chi connectivity index (χ4n) is 3.00. The summed E-state index contributed by atoms with van der Waals surface area (Å²) in [7, 11) is 0. The molecule has 2 aromatic heterocycles. The average molecular weight is 304 g/mol. The van der Waals surface area contributed by atoms with Gasteiger partial charge in [-0.2, -0.15) is 5.10 Å². The number of hydrogen-bond donors (Lipinski definition) is 1. The number of aryl methyl sites for hydroxylation is 1. The molecule has 0 fully saturated rings. The highest BCUT2D eigenvalue weighted by molar-refractivity contribution is 7.09. The predicted molar refractivity (Wildman–Crippen MR) is 86.6 cm³/mol. The van der Waals surface area contributed by atoms with Crippen LogP contribution in [0.15, 0.2) is 11.6 Å². The second kappa shape index (κ2) is 6.28. The molecule has 114 valence electrons. The molecule has 0 saturated heterocycles. The number of nitrogens with one attached hydrogen (secondary N) is 1. The SMILES string of the molecule is CCn1ncc2c1CCC[C@@H]2NCc1csc(C(C)C)n1. The van der Waals surface area contributed by atoms with E-state index in [0.717, 1.165) is 19.5 Å². The molecule has 0 saturated carbocycles. The maximum absolute atomic E-state index is 4.71. The molecule has 21 heavy (non-hydrogen) atoms. The van der Waals surface area contributed by atoms with Gasteiger partial charge in [0, 0.05) is 41.7 Å². The van der Waals surface area contributed by atoms with Crippen molar-refractivity contribution in [1.29, 1.82) is 0 Å². The smallest absolute Gasteiger partial charge is 0.0954 e. The predicted octanol–water partition coefficient (Wildman–Crippen LogP) is 3.65. The highest BCUT2D eigenvalue weighted by Gasteiger charge is 2.23. The van der Waals surface area contributed by atoms with E-state index in [2.05, 4.69) is 47.4 Å². The number of aromatic nitrogens is 3. The van der Waals surface area contributed by atoms with Gasteiger partial charge >= 0.3 is 0 Å². The summed E-state index contributed by atoms with van der Waals surface area (Å²) >= 11 is 1.77. The number of fused-ring (bicyclic) bond motifs is 1. The first-order valence-electron chi connectivity index (χ1n) is 7.91. The molecule has 0 radical (unpaired) electrons. The quantitative estimate of drug-likeness (QED) is 0.917. The molecule has 0 aromatic carbocycles. The van der Waals surface area contributed by atoms with Crippen LogP contribution < -0.4 is 5.32 Å². The standard InChI is InChI=1S/C16H24N4S/c1-4-20-15-7-5-6-14(13(15)9-18-20)17-8-12-10-21-16(19-12)11(2)3/h9-11,14,17H,4-8H2,1-3H3/t14-/m0/s1. The molecule has 0 aliphatic heterocycles. The van der Waals surface area contributed by atoms with Crippen LogP contribution in [0.5, 0.6) is 0 Å². The van der Waals surface area contributed by atoms with Crippen molar-refractivity contribution in [1.82, 2.24) is 20.1 Å². The number of nitrogens with zero attached hydrogens (tertiary/aromatic N) is 3.